The van der Waals surface area contributed by atoms with Gasteiger partial charge in [0, 0.05) is 11.3 Å². The summed E-state index contributed by atoms with van der Waals surface area (Å²) in [5, 5.41) is 7.84. The molecule has 1 atom stereocenters. The van der Waals surface area contributed by atoms with E-state index in [1.165, 1.54) is 11.3 Å². The summed E-state index contributed by atoms with van der Waals surface area (Å²) in [6.07, 6.45) is -0.853. The first-order chi connectivity index (χ1) is 12.5. The number of aryl methyl sites for hydroxylation is 2. The molecule has 0 aliphatic carbocycles. The minimum atomic E-state index is -0.853. The molecule has 0 radical (unpaired) electrons. The van der Waals surface area contributed by atoms with Gasteiger partial charge in [-0.1, -0.05) is 54.1 Å². The van der Waals surface area contributed by atoms with Crippen molar-refractivity contribution >= 4 is 28.7 Å². The minimum Gasteiger partial charge on any atom is -0.359 e. The van der Waals surface area contributed by atoms with Crippen molar-refractivity contribution in [2.45, 2.75) is 20.0 Å². The van der Waals surface area contributed by atoms with Crippen molar-refractivity contribution in [2.75, 3.05) is 5.32 Å². The number of carbonyl (C=O) groups excluding carboxylic acids is 2. The molecule has 0 aliphatic heterocycles. The van der Waals surface area contributed by atoms with Gasteiger partial charge in [-0.15, -0.1) is 11.3 Å². The topological polar surface area (TPSA) is 58.2 Å². The Kier molecular flexibility index (Phi) is 5.49. The van der Waals surface area contributed by atoms with E-state index in [1.807, 2.05) is 61.7 Å². The van der Waals surface area contributed by atoms with Gasteiger partial charge in [-0.2, -0.15) is 0 Å². The predicted octanol–water partition coefficient (Wildman–Crippen LogP) is 4.42. The van der Waals surface area contributed by atoms with E-state index in [4.69, 9.17) is 0 Å². The van der Waals surface area contributed by atoms with Crippen LogP contribution in [0.15, 0.2) is 66.0 Å². The first-order valence-electron chi connectivity index (χ1n) is 8.32. The zero-order valence-electron chi connectivity index (χ0n) is 14.7. The van der Waals surface area contributed by atoms with Crippen LogP contribution in [0.2, 0.25) is 0 Å². The van der Waals surface area contributed by atoms with Gasteiger partial charge in [0.25, 0.3) is 5.91 Å². The minimum absolute atomic E-state index is 0.185. The molecule has 4 nitrogen and oxygen atoms in total. The highest BCUT2D eigenvalue weighted by Crippen LogP contribution is 2.18. The quantitative estimate of drug-likeness (QED) is 0.503. The fourth-order valence-corrected chi connectivity index (χ4v) is 3.30. The lowest BCUT2D eigenvalue weighted by molar-refractivity contribution is 0.0872. The molecule has 3 aromatic rings. The maximum atomic E-state index is 13.0. The molecule has 1 amide bonds. The number of carbonyl (C=O) groups is 2. The number of ketones is 1. The van der Waals surface area contributed by atoms with E-state index in [9.17, 15) is 9.59 Å². The Labute approximate surface area is 156 Å². The van der Waals surface area contributed by atoms with Crippen LogP contribution in [0.5, 0.6) is 0 Å². The number of benzene rings is 2. The lowest BCUT2D eigenvalue weighted by atomic mass is 10.1. The van der Waals surface area contributed by atoms with Gasteiger partial charge in [0.05, 0.1) is 4.88 Å². The molecule has 0 spiro atoms. The van der Waals surface area contributed by atoms with Crippen molar-refractivity contribution in [2.24, 2.45) is 0 Å². The average Bonchev–Trinajstić information content (AvgIpc) is 3.18. The van der Waals surface area contributed by atoms with E-state index in [-0.39, 0.29) is 11.7 Å². The Morgan fingerprint density at radius 2 is 1.73 bits per heavy atom. The summed E-state index contributed by atoms with van der Waals surface area (Å²) >= 11 is 1.34. The summed E-state index contributed by atoms with van der Waals surface area (Å²) in [5.74, 6) is -0.456. The number of nitrogens with one attached hydrogen (secondary N) is 2. The smallest absolute Gasteiger partial charge is 0.263 e. The molecular weight excluding hydrogens is 344 g/mol. The van der Waals surface area contributed by atoms with Gasteiger partial charge < -0.3 is 10.6 Å². The van der Waals surface area contributed by atoms with Gasteiger partial charge >= 0.3 is 0 Å². The summed E-state index contributed by atoms with van der Waals surface area (Å²) in [4.78, 5) is 26.0. The second-order valence-corrected chi connectivity index (χ2v) is 7.02. The molecule has 2 N–H and O–H groups in total. The van der Waals surface area contributed by atoms with Crippen LogP contribution < -0.4 is 10.6 Å². The average molecular weight is 364 g/mol. The summed E-state index contributed by atoms with van der Waals surface area (Å²) in [6.45, 7) is 3.99. The second kappa shape index (κ2) is 7.97. The Hall–Kier alpha value is -2.92. The highest BCUT2D eigenvalue weighted by atomic mass is 32.1. The molecule has 2 aromatic carbocycles. The van der Waals surface area contributed by atoms with Crippen molar-refractivity contribution in [1.29, 1.82) is 0 Å². The SMILES string of the molecule is Cc1ccc(N[C@@H](NC(=O)c2cccs2)C(=O)c2ccccc2)c(C)c1. The van der Waals surface area contributed by atoms with Gasteiger partial charge in [0.15, 0.2) is 6.17 Å². The van der Waals surface area contributed by atoms with Crippen LogP contribution in [0, 0.1) is 13.8 Å². The molecule has 0 saturated carbocycles. The summed E-state index contributed by atoms with van der Waals surface area (Å²) in [7, 11) is 0. The monoisotopic (exact) mass is 364 g/mol. The fraction of sp³-hybridized carbons (Fsp3) is 0.143. The van der Waals surface area contributed by atoms with Gasteiger partial charge in [-0.25, -0.2) is 0 Å². The molecular formula is C21H20N2O2S. The zero-order chi connectivity index (χ0) is 18.5. The molecule has 5 heteroatoms. The van der Waals surface area contributed by atoms with Crippen LogP contribution in [-0.4, -0.2) is 17.9 Å². The number of hydrogen-bond donors (Lipinski definition) is 2. The first kappa shape index (κ1) is 17.9. The van der Waals surface area contributed by atoms with Crippen molar-refractivity contribution in [3.8, 4) is 0 Å². The normalized spacial score (nSPS) is 11.6. The molecule has 132 valence electrons. The number of hydrogen-bond acceptors (Lipinski definition) is 4. The molecule has 26 heavy (non-hydrogen) atoms. The number of rotatable bonds is 6. The van der Waals surface area contributed by atoms with Crippen LogP contribution in [0.25, 0.3) is 0 Å². The van der Waals surface area contributed by atoms with E-state index in [2.05, 4.69) is 10.6 Å². The number of Topliss-reactive ketones (excluding diaryl/α,β-unsaturated/α-hetero) is 1. The van der Waals surface area contributed by atoms with E-state index in [0.717, 1.165) is 16.8 Å². The van der Waals surface area contributed by atoms with Crippen molar-refractivity contribution in [3.05, 3.63) is 87.6 Å². The second-order valence-electron chi connectivity index (χ2n) is 6.08. The van der Waals surface area contributed by atoms with Crippen LogP contribution in [0.1, 0.15) is 31.2 Å². The van der Waals surface area contributed by atoms with Crippen LogP contribution in [-0.2, 0) is 0 Å². The highest BCUT2D eigenvalue weighted by molar-refractivity contribution is 7.12. The Morgan fingerprint density at radius 3 is 2.38 bits per heavy atom. The van der Waals surface area contributed by atoms with Gasteiger partial charge in [0.1, 0.15) is 0 Å². The molecule has 0 fully saturated rings. The fourth-order valence-electron chi connectivity index (χ4n) is 2.68. The van der Waals surface area contributed by atoms with Gasteiger partial charge in [-0.3, -0.25) is 9.59 Å². The third-order valence-corrected chi connectivity index (χ3v) is 4.89. The van der Waals surface area contributed by atoms with Gasteiger partial charge in [-0.05, 0) is 36.9 Å². The van der Waals surface area contributed by atoms with Crippen molar-refractivity contribution in [1.82, 2.24) is 5.32 Å². The molecule has 0 unspecified atom stereocenters. The Morgan fingerprint density at radius 1 is 0.962 bits per heavy atom. The van der Waals surface area contributed by atoms with E-state index in [0.29, 0.717) is 10.4 Å². The third-order valence-electron chi connectivity index (χ3n) is 4.02. The Bertz CT molecular complexity index is 905. The molecule has 0 aliphatic rings. The van der Waals surface area contributed by atoms with Gasteiger partial charge in [0.2, 0.25) is 5.78 Å². The van der Waals surface area contributed by atoms with Crippen molar-refractivity contribution in [3.63, 3.8) is 0 Å². The maximum absolute atomic E-state index is 13.0. The van der Waals surface area contributed by atoms with E-state index >= 15 is 0 Å². The standard InChI is InChI=1S/C21H20N2O2S/c1-14-10-11-17(15(2)13-14)22-20(19(24)16-7-4-3-5-8-16)23-21(25)18-9-6-12-26-18/h3-13,20,22H,1-2H3,(H,23,25)/t20-/m0/s1. The first-order valence-corrected chi connectivity index (χ1v) is 9.20. The lowest BCUT2D eigenvalue weighted by Crippen LogP contribution is -2.46. The summed E-state index contributed by atoms with van der Waals surface area (Å²) < 4.78 is 0. The Balaban J connectivity index is 1.87. The van der Waals surface area contributed by atoms with E-state index < -0.39 is 6.17 Å². The van der Waals surface area contributed by atoms with Crippen LogP contribution >= 0.6 is 11.3 Å². The van der Waals surface area contributed by atoms with E-state index in [1.54, 1.807) is 18.2 Å². The molecule has 1 heterocycles. The highest BCUT2D eigenvalue weighted by Gasteiger charge is 2.23. The third kappa shape index (κ3) is 4.18. The van der Waals surface area contributed by atoms with Crippen LogP contribution in [0.4, 0.5) is 5.69 Å². The lowest BCUT2D eigenvalue weighted by Gasteiger charge is -2.21. The molecule has 0 bridgehead atoms. The number of anilines is 1. The molecule has 0 saturated heterocycles. The van der Waals surface area contributed by atoms with Crippen LogP contribution in [0.3, 0.4) is 0 Å². The zero-order valence-corrected chi connectivity index (χ0v) is 15.5. The number of thiophene rings is 1. The summed E-state index contributed by atoms with van der Waals surface area (Å²) in [5.41, 5.74) is 3.51. The molecule has 3 rings (SSSR count). The maximum Gasteiger partial charge on any atom is 0.263 e. The van der Waals surface area contributed by atoms with Crippen molar-refractivity contribution < 1.29 is 9.59 Å². The number of amides is 1. The predicted molar refractivity (Wildman–Crippen MR) is 106 cm³/mol. The summed E-state index contributed by atoms with van der Waals surface area (Å²) in [6, 6.07) is 18.4. The largest absolute Gasteiger partial charge is 0.359 e. The molecule has 1 aromatic heterocycles.